The molecule has 0 aromatic heterocycles. The minimum atomic E-state index is 0.377. The number of ether oxygens (including phenoxy) is 1. The highest BCUT2D eigenvalue weighted by molar-refractivity contribution is 5.27. The Balaban J connectivity index is 1.95. The van der Waals surface area contributed by atoms with Crippen LogP contribution in [0.3, 0.4) is 0 Å². The zero-order valence-electron chi connectivity index (χ0n) is 10.9. The van der Waals surface area contributed by atoms with Gasteiger partial charge in [0.15, 0.2) is 0 Å². The van der Waals surface area contributed by atoms with Gasteiger partial charge >= 0.3 is 0 Å². The zero-order valence-corrected chi connectivity index (χ0v) is 10.9. The average Bonchev–Trinajstić information content (AvgIpc) is 2.29. The highest BCUT2D eigenvalue weighted by atomic mass is 16.5. The van der Waals surface area contributed by atoms with E-state index < -0.39 is 0 Å². The minimum Gasteiger partial charge on any atom is -0.490 e. The van der Waals surface area contributed by atoms with E-state index in [9.17, 15) is 0 Å². The first-order valence-corrected chi connectivity index (χ1v) is 6.55. The second-order valence-electron chi connectivity index (χ2n) is 5.85. The molecule has 0 saturated heterocycles. The van der Waals surface area contributed by atoms with Crippen LogP contribution in [0.5, 0.6) is 5.75 Å². The van der Waals surface area contributed by atoms with Gasteiger partial charge in [-0.05, 0) is 48.8 Å². The molecule has 2 nitrogen and oxygen atoms in total. The second-order valence-corrected chi connectivity index (χ2v) is 5.85. The molecular weight excluding hydrogens is 210 g/mol. The molecule has 0 unspecified atom stereocenters. The number of benzene rings is 1. The summed E-state index contributed by atoms with van der Waals surface area (Å²) in [6.45, 7) is 5.26. The van der Waals surface area contributed by atoms with Gasteiger partial charge in [0.2, 0.25) is 0 Å². The lowest BCUT2D eigenvalue weighted by Crippen LogP contribution is -2.30. The Labute approximate surface area is 104 Å². The highest BCUT2D eigenvalue weighted by Gasteiger charge is 2.28. The molecule has 0 radical (unpaired) electrons. The van der Waals surface area contributed by atoms with Crippen molar-refractivity contribution in [1.29, 1.82) is 0 Å². The first kappa shape index (κ1) is 12.4. The lowest BCUT2D eigenvalue weighted by molar-refractivity contribution is 0.0851. The summed E-state index contributed by atoms with van der Waals surface area (Å²) in [5.41, 5.74) is 7.16. The zero-order chi connectivity index (χ0) is 12.3. The van der Waals surface area contributed by atoms with Crippen molar-refractivity contribution in [1.82, 2.24) is 0 Å². The van der Waals surface area contributed by atoms with Gasteiger partial charge in [-0.15, -0.1) is 0 Å². The second kappa shape index (κ2) is 5.09. The van der Waals surface area contributed by atoms with Crippen LogP contribution in [0.15, 0.2) is 24.3 Å². The molecule has 17 heavy (non-hydrogen) atoms. The average molecular weight is 233 g/mol. The predicted octanol–water partition coefficient (Wildman–Crippen LogP) is 3.49. The molecule has 2 rings (SSSR count). The van der Waals surface area contributed by atoms with Crippen LogP contribution < -0.4 is 10.5 Å². The van der Waals surface area contributed by atoms with Gasteiger partial charge in [0.05, 0.1) is 6.10 Å². The largest absolute Gasteiger partial charge is 0.490 e. The number of nitrogens with two attached hydrogens (primary N) is 1. The van der Waals surface area contributed by atoms with Crippen molar-refractivity contribution in [3.8, 4) is 5.75 Å². The molecule has 0 spiro atoms. The van der Waals surface area contributed by atoms with Crippen LogP contribution in [-0.4, -0.2) is 6.10 Å². The van der Waals surface area contributed by atoms with E-state index >= 15 is 0 Å². The van der Waals surface area contributed by atoms with E-state index in [2.05, 4.69) is 13.8 Å². The van der Waals surface area contributed by atoms with Crippen LogP contribution in [-0.2, 0) is 6.54 Å². The predicted molar refractivity (Wildman–Crippen MR) is 71.0 cm³/mol. The summed E-state index contributed by atoms with van der Waals surface area (Å²) in [5.74, 6) is 0.977. The summed E-state index contributed by atoms with van der Waals surface area (Å²) in [5, 5.41) is 0. The van der Waals surface area contributed by atoms with Gasteiger partial charge in [0, 0.05) is 6.54 Å². The molecule has 2 N–H and O–H groups in total. The lowest BCUT2D eigenvalue weighted by Gasteiger charge is -2.35. The molecule has 1 saturated carbocycles. The first-order valence-electron chi connectivity index (χ1n) is 6.55. The van der Waals surface area contributed by atoms with E-state index in [4.69, 9.17) is 10.5 Å². The molecule has 1 aromatic rings. The standard InChI is InChI=1S/C15H23NO/c1-15(2)9-3-4-14(10-15)17-13-7-5-12(11-16)6-8-13/h5-8,14H,3-4,9-11,16H2,1-2H3/t14-/m0/s1. The van der Waals surface area contributed by atoms with E-state index in [-0.39, 0.29) is 0 Å². The Morgan fingerprint density at radius 3 is 2.59 bits per heavy atom. The molecule has 1 atom stereocenters. The van der Waals surface area contributed by atoms with E-state index in [1.165, 1.54) is 19.3 Å². The Morgan fingerprint density at radius 1 is 1.29 bits per heavy atom. The van der Waals surface area contributed by atoms with Crippen LogP contribution in [0.4, 0.5) is 0 Å². The Hall–Kier alpha value is -1.02. The summed E-state index contributed by atoms with van der Waals surface area (Å²) in [6, 6.07) is 8.15. The fraction of sp³-hybridized carbons (Fsp3) is 0.600. The first-order chi connectivity index (χ1) is 8.09. The van der Waals surface area contributed by atoms with E-state index in [1.807, 2.05) is 24.3 Å². The van der Waals surface area contributed by atoms with Crippen molar-refractivity contribution in [3.05, 3.63) is 29.8 Å². The molecular formula is C15H23NO. The summed E-state index contributed by atoms with van der Waals surface area (Å²) in [7, 11) is 0. The maximum Gasteiger partial charge on any atom is 0.119 e. The van der Waals surface area contributed by atoms with Crippen LogP contribution in [0.25, 0.3) is 0 Å². The van der Waals surface area contributed by atoms with Gasteiger partial charge in [0.1, 0.15) is 5.75 Å². The molecule has 0 amide bonds. The van der Waals surface area contributed by atoms with Crippen molar-refractivity contribution >= 4 is 0 Å². The lowest BCUT2D eigenvalue weighted by atomic mass is 9.76. The maximum absolute atomic E-state index is 6.05. The number of rotatable bonds is 3. The van der Waals surface area contributed by atoms with Crippen molar-refractivity contribution in [2.45, 2.75) is 52.2 Å². The summed E-state index contributed by atoms with van der Waals surface area (Å²) in [6.07, 6.45) is 5.31. The normalized spacial score (nSPS) is 23.4. The van der Waals surface area contributed by atoms with Crippen molar-refractivity contribution < 1.29 is 4.74 Å². The molecule has 0 aliphatic heterocycles. The molecule has 0 bridgehead atoms. The maximum atomic E-state index is 6.05. The molecule has 2 heteroatoms. The summed E-state index contributed by atoms with van der Waals surface area (Å²) >= 11 is 0. The third-order valence-corrected chi connectivity index (χ3v) is 3.62. The molecule has 1 fully saturated rings. The topological polar surface area (TPSA) is 35.2 Å². The van der Waals surface area contributed by atoms with Crippen LogP contribution in [0.1, 0.15) is 45.1 Å². The SMILES string of the molecule is CC1(C)CCC[C@H](Oc2ccc(CN)cc2)C1. The third-order valence-electron chi connectivity index (χ3n) is 3.62. The van der Waals surface area contributed by atoms with E-state index in [0.29, 0.717) is 18.1 Å². The van der Waals surface area contributed by atoms with E-state index in [0.717, 1.165) is 17.7 Å². The van der Waals surface area contributed by atoms with Gasteiger partial charge in [-0.3, -0.25) is 0 Å². The molecule has 1 aromatic carbocycles. The van der Waals surface area contributed by atoms with Gasteiger partial charge in [-0.25, -0.2) is 0 Å². The summed E-state index contributed by atoms with van der Waals surface area (Å²) in [4.78, 5) is 0. The third kappa shape index (κ3) is 3.47. The smallest absolute Gasteiger partial charge is 0.119 e. The van der Waals surface area contributed by atoms with Crippen molar-refractivity contribution in [2.24, 2.45) is 11.1 Å². The molecule has 1 aliphatic rings. The highest BCUT2D eigenvalue weighted by Crippen LogP contribution is 2.36. The Kier molecular flexibility index (Phi) is 3.72. The van der Waals surface area contributed by atoms with Crippen molar-refractivity contribution in [2.75, 3.05) is 0 Å². The van der Waals surface area contributed by atoms with E-state index in [1.54, 1.807) is 0 Å². The van der Waals surface area contributed by atoms with Gasteiger partial charge in [-0.2, -0.15) is 0 Å². The van der Waals surface area contributed by atoms with Crippen LogP contribution in [0.2, 0.25) is 0 Å². The molecule has 1 aliphatic carbocycles. The van der Waals surface area contributed by atoms with Gasteiger partial charge < -0.3 is 10.5 Å². The molecule has 94 valence electrons. The van der Waals surface area contributed by atoms with Gasteiger partial charge in [-0.1, -0.05) is 26.0 Å². The fourth-order valence-corrected chi connectivity index (χ4v) is 2.63. The Morgan fingerprint density at radius 2 is 2.00 bits per heavy atom. The monoisotopic (exact) mass is 233 g/mol. The van der Waals surface area contributed by atoms with Crippen LogP contribution in [0, 0.1) is 5.41 Å². The van der Waals surface area contributed by atoms with Crippen LogP contribution >= 0.6 is 0 Å². The Bertz CT molecular complexity index is 356. The fourth-order valence-electron chi connectivity index (χ4n) is 2.63. The minimum absolute atomic E-state index is 0.377. The molecule has 0 heterocycles. The number of hydrogen-bond donors (Lipinski definition) is 1. The quantitative estimate of drug-likeness (QED) is 0.867. The van der Waals surface area contributed by atoms with Gasteiger partial charge in [0.25, 0.3) is 0 Å². The number of hydrogen-bond acceptors (Lipinski definition) is 2. The summed E-state index contributed by atoms with van der Waals surface area (Å²) < 4.78 is 6.05. The van der Waals surface area contributed by atoms with Crippen molar-refractivity contribution in [3.63, 3.8) is 0 Å².